The highest BCUT2D eigenvalue weighted by Crippen LogP contribution is 2.38. The van der Waals surface area contributed by atoms with Gasteiger partial charge in [0.2, 0.25) is 15.9 Å². The molecule has 2 aromatic carbocycles. The molecule has 0 saturated carbocycles. The smallest absolute Gasteiger partial charge is 0.392 e. The lowest BCUT2D eigenvalue weighted by Crippen LogP contribution is -2.44. The number of nitrogens with one attached hydrogen (secondary N) is 1. The van der Waals surface area contributed by atoms with Crippen LogP contribution in [0.5, 0.6) is 0 Å². The van der Waals surface area contributed by atoms with E-state index in [-0.39, 0.29) is 29.6 Å². The summed E-state index contributed by atoms with van der Waals surface area (Å²) in [5.74, 6) is -3.14. The quantitative estimate of drug-likeness (QED) is 0.620. The normalized spacial score (nSPS) is 22.0. The van der Waals surface area contributed by atoms with Crippen molar-refractivity contribution in [1.82, 2.24) is 14.5 Å². The van der Waals surface area contributed by atoms with E-state index in [9.17, 15) is 22.0 Å². The molecule has 1 aliphatic rings. The summed E-state index contributed by atoms with van der Waals surface area (Å²) in [6.07, 6.45) is 1.07. The number of hydrogen-bond donors (Lipinski definition) is 1. The first-order valence-corrected chi connectivity index (χ1v) is 11.8. The fourth-order valence-corrected chi connectivity index (χ4v) is 6.32. The fraction of sp³-hybridized carbons (Fsp3) is 0.364. The fourth-order valence-electron chi connectivity index (χ4n) is 4.14. The van der Waals surface area contributed by atoms with Crippen LogP contribution in [0.1, 0.15) is 60.4 Å². The summed E-state index contributed by atoms with van der Waals surface area (Å²) >= 11 is 0. The molecule has 2 heterocycles. The third kappa shape index (κ3) is 4.12. The Morgan fingerprint density at radius 1 is 1.19 bits per heavy atom. The molecule has 10 heteroatoms. The number of aromatic nitrogens is 2. The van der Waals surface area contributed by atoms with E-state index in [0.717, 1.165) is 12.1 Å². The molecular formula is C22H23F2N3O4S. The van der Waals surface area contributed by atoms with Crippen LogP contribution in [0.15, 0.2) is 51.7 Å². The summed E-state index contributed by atoms with van der Waals surface area (Å²) in [5.41, 5.74) is 0.574. The molecule has 0 aliphatic carbocycles. The van der Waals surface area contributed by atoms with Crippen LogP contribution in [-0.4, -0.2) is 29.0 Å². The Hall–Kier alpha value is -2.85. The van der Waals surface area contributed by atoms with E-state index in [4.69, 9.17) is 4.42 Å². The van der Waals surface area contributed by atoms with Gasteiger partial charge in [-0.25, -0.2) is 27.1 Å². The third-order valence-corrected chi connectivity index (χ3v) is 8.35. The van der Waals surface area contributed by atoms with E-state index in [1.165, 1.54) is 11.2 Å². The largest absolute Gasteiger partial charge is 0.434 e. The molecule has 0 radical (unpaired) electrons. The lowest BCUT2D eigenvalue weighted by atomic mass is 9.98. The predicted molar refractivity (Wildman–Crippen MR) is 113 cm³/mol. The van der Waals surface area contributed by atoms with Crippen molar-refractivity contribution in [3.63, 3.8) is 0 Å². The monoisotopic (exact) mass is 463 g/mol. The number of benzene rings is 2. The molecule has 0 spiro atoms. The highest BCUT2D eigenvalue weighted by Gasteiger charge is 2.40. The van der Waals surface area contributed by atoms with E-state index < -0.39 is 38.6 Å². The van der Waals surface area contributed by atoms with Crippen LogP contribution in [0, 0.1) is 11.6 Å². The first-order valence-electron chi connectivity index (χ1n) is 10.3. The first-order chi connectivity index (χ1) is 15.2. The molecule has 1 saturated heterocycles. The van der Waals surface area contributed by atoms with Gasteiger partial charge in [-0.2, -0.15) is 4.31 Å². The number of aromatic amines is 1. The van der Waals surface area contributed by atoms with Crippen LogP contribution in [-0.2, 0) is 16.6 Å². The van der Waals surface area contributed by atoms with Crippen LogP contribution in [0.25, 0.3) is 0 Å². The van der Waals surface area contributed by atoms with E-state index in [0.29, 0.717) is 18.4 Å². The van der Waals surface area contributed by atoms with Crippen molar-refractivity contribution in [3.8, 4) is 0 Å². The second-order valence-corrected chi connectivity index (χ2v) is 10.1. The van der Waals surface area contributed by atoms with E-state index in [1.54, 1.807) is 31.2 Å². The molecule has 4 rings (SSSR count). The Kier molecular flexibility index (Phi) is 6.00. The Balaban J connectivity index is 1.64. The Labute approximate surface area is 184 Å². The number of nitrogens with zero attached hydrogens (tertiary/aromatic N) is 2. The van der Waals surface area contributed by atoms with E-state index in [2.05, 4.69) is 10.2 Å². The first kappa shape index (κ1) is 22.3. The summed E-state index contributed by atoms with van der Waals surface area (Å²) in [7, 11) is -3.78. The van der Waals surface area contributed by atoms with E-state index >= 15 is 0 Å². The molecule has 0 amide bonds. The van der Waals surface area contributed by atoms with Crippen LogP contribution >= 0.6 is 0 Å². The maximum atomic E-state index is 15.0. The van der Waals surface area contributed by atoms with Crippen molar-refractivity contribution in [2.75, 3.05) is 0 Å². The molecule has 32 heavy (non-hydrogen) atoms. The molecule has 1 N–H and O–H groups in total. The number of rotatable bonds is 5. The number of halogens is 2. The van der Waals surface area contributed by atoms with Gasteiger partial charge in [0.15, 0.2) is 0 Å². The standard InChI is InChI=1S/C22H23F2N3O4S/c1-13-8-9-20(15-6-4-3-5-7-15)32(29,30)27(13)12-16-10-19(24)17(11-18(16)23)14(2)21-25-26-22(28)31-21/h3-7,10-11,13-14,20H,8-9,12H2,1-2H3,(H,26,28)/t13-,14+,20+/m0/s1. The van der Waals surface area contributed by atoms with Crippen LogP contribution in [0.2, 0.25) is 0 Å². The molecule has 7 nitrogen and oxygen atoms in total. The Morgan fingerprint density at radius 2 is 1.91 bits per heavy atom. The van der Waals surface area contributed by atoms with Gasteiger partial charge in [0, 0.05) is 23.7 Å². The maximum Gasteiger partial charge on any atom is 0.434 e. The minimum absolute atomic E-state index is 0.0433. The van der Waals surface area contributed by atoms with Crippen molar-refractivity contribution in [2.45, 2.75) is 50.4 Å². The summed E-state index contributed by atoms with van der Waals surface area (Å²) < 4.78 is 62.6. The predicted octanol–water partition coefficient (Wildman–Crippen LogP) is 3.85. The van der Waals surface area contributed by atoms with Gasteiger partial charge in [-0.3, -0.25) is 0 Å². The molecule has 1 aromatic heterocycles. The van der Waals surface area contributed by atoms with Gasteiger partial charge in [0.25, 0.3) is 0 Å². The zero-order valence-corrected chi connectivity index (χ0v) is 18.4. The van der Waals surface area contributed by atoms with Crippen molar-refractivity contribution in [2.24, 2.45) is 0 Å². The SMILES string of the molecule is C[C@@H](c1n[nH]c(=O)o1)c1cc(F)c(CN2[C@@H](C)CC[C@H](c3ccccc3)S2(=O)=O)cc1F. The molecular weight excluding hydrogens is 440 g/mol. The number of hydrogen-bond acceptors (Lipinski definition) is 5. The van der Waals surface area contributed by atoms with Crippen molar-refractivity contribution < 1.29 is 21.6 Å². The average molecular weight is 464 g/mol. The second-order valence-electron chi connectivity index (χ2n) is 8.05. The van der Waals surface area contributed by atoms with Gasteiger partial charge in [-0.1, -0.05) is 30.3 Å². The summed E-state index contributed by atoms with van der Waals surface area (Å²) in [5, 5.41) is 5.03. The highest BCUT2D eigenvalue weighted by atomic mass is 32.2. The van der Waals surface area contributed by atoms with Gasteiger partial charge < -0.3 is 4.42 Å². The molecule has 1 aliphatic heterocycles. The zero-order chi connectivity index (χ0) is 23.0. The summed E-state index contributed by atoms with van der Waals surface area (Å²) in [4.78, 5) is 11.2. The lowest BCUT2D eigenvalue weighted by Gasteiger charge is -2.37. The molecule has 1 fully saturated rings. The van der Waals surface area contributed by atoms with Crippen LogP contribution in [0.3, 0.4) is 0 Å². The van der Waals surface area contributed by atoms with Crippen LogP contribution < -0.4 is 5.76 Å². The second kappa shape index (κ2) is 8.59. The summed E-state index contributed by atoms with van der Waals surface area (Å²) in [6, 6.07) is 10.6. The average Bonchev–Trinajstić information content (AvgIpc) is 3.19. The minimum atomic E-state index is -3.78. The topological polar surface area (TPSA) is 96.3 Å². The van der Waals surface area contributed by atoms with Gasteiger partial charge in [-0.05, 0) is 44.4 Å². The Bertz CT molecular complexity index is 1270. The van der Waals surface area contributed by atoms with Gasteiger partial charge >= 0.3 is 5.76 Å². The Morgan fingerprint density at radius 3 is 2.56 bits per heavy atom. The maximum absolute atomic E-state index is 15.0. The van der Waals surface area contributed by atoms with Crippen molar-refractivity contribution in [3.05, 3.63) is 87.2 Å². The van der Waals surface area contributed by atoms with Crippen molar-refractivity contribution >= 4 is 10.0 Å². The van der Waals surface area contributed by atoms with E-state index in [1.807, 2.05) is 6.07 Å². The lowest BCUT2D eigenvalue weighted by molar-refractivity contribution is 0.278. The molecule has 0 bridgehead atoms. The number of sulfonamides is 1. The number of H-pyrrole nitrogens is 1. The van der Waals surface area contributed by atoms with Crippen molar-refractivity contribution in [1.29, 1.82) is 0 Å². The summed E-state index contributed by atoms with van der Waals surface area (Å²) in [6.45, 7) is 3.02. The zero-order valence-electron chi connectivity index (χ0n) is 17.6. The van der Waals surface area contributed by atoms with Crippen LogP contribution in [0.4, 0.5) is 8.78 Å². The van der Waals surface area contributed by atoms with Gasteiger partial charge in [0.1, 0.15) is 16.9 Å². The molecule has 170 valence electrons. The van der Waals surface area contributed by atoms with Gasteiger partial charge in [0.05, 0.1) is 5.92 Å². The molecule has 0 unspecified atom stereocenters. The molecule has 3 atom stereocenters. The molecule has 3 aromatic rings. The third-order valence-electron chi connectivity index (χ3n) is 5.98. The highest BCUT2D eigenvalue weighted by molar-refractivity contribution is 7.89. The minimum Gasteiger partial charge on any atom is -0.392 e. The van der Waals surface area contributed by atoms with Gasteiger partial charge in [-0.15, -0.1) is 5.10 Å².